The molecule has 0 aliphatic carbocycles. The van der Waals surface area contributed by atoms with E-state index in [1.165, 1.54) is 13.0 Å². The Morgan fingerprint density at radius 1 is 1.25 bits per heavy atom. The molecule has 0 saturated heterocycles. The molecule has 0 unspecified atom stereocenters. The third-order valence-corrected chi connectivity index (χ3v) is 3.38. The van der Waals surface area contributed by atoms with Crippen molar-refractivity contribution in [3.8, 4) is 0 Å². The van der Waals surface area contributed by atoms with Crippen LogP contribution in [0, 0.1) is 13.7 Å². The lowest BCUT2D eigenvalue weighted by Crippen LogP contribution is -2.00. The van der Waals surface area contributed by atoms with Crippen LogP contribution in [0.1, 0.15) is 17.3 Å². The molecular weight excluding hydrogens is 371 g/mol. The molecule has 0 aliphatic heterocycles. The first-order valence-electron chi connectivity index (χ1n) is 5.79. The second-order valence-corrected chi connectivity index (χ2v) is 5.43. The first-order valence-corrected chi connectivity index (χ1v) is 6.87. The minimum atomic E-state index is -0.497. The monoisotopic (exact) mass is 382 g/mol. The number of ketones is 1. The van der Waals surface area contributed by atoms with E-state index in [0.29, 0.717) is 11.3 Å². The maximum atomic E-state index is 11.3. The van der Waals surface area contributed by atoms with Crippen LogP contribution in [0.4, 0.5) is 17.1 Å². The number of rotatable bonds is 4. The van der Waals surface area contributed by atoms with E-state index in [9.17, 15) is 14.9 Å². The zero-order chi connectivity index (χ0) is 14.7. The molecule has 2 aromatic carbocycles. The van der Waals surface area contributed by atoms with Crippen molar-refractivity contribution in [2.24, 2.45) is 0 Å². The zero-order valence-electron chi connectivity index (χ0n) is 10.6. The van der Waals surface area contributed by atoms with E-state index in [2.05, 4.69) is 27.9 Å². The molecule has 1 N–H and O–H groups in total. The highest BCUT2D eigenvalue weighted by molar-refractivity contribution is 14.1. The van der Waals surface area contributed by atoms with Crippen molar-refractivity contribution in [1.82, 2.24) is 0 Å². The number of nitrogens with one attached hydrogen (secondary N) is 1. The normalized spacial score (nSPS) is 10.1. The molecule has 0 aromatic heterocycles. The van der Waals surface area contributed by atoms with E-state index in [4.69, 9.17) is 0 Å². The quantitative estimate of drug-likeness (QED) is 0.373. The Hall–Kier alpha value is -1.96. The smallest absolute Gasteiger partial charge is 0.293 e. The molecule has 102 valence electrons. The molecule has 0 bridgehead atoms. The number of benzene rings is 2. The standard InChI is InChI=1S/C14H11IN2O3/c1-9(18)10-5-6-13(14(7-10)17(19)20)16-12-4-2-3-11(15)8-12/h2-8,16H,1H3. The molecule has 2 aromatic rings. The van der Waals surface area contributed by atoms with Crippen molar-refractivity contribution in [2.75, 3.05) is 5.32 Å². The number of halogens is 1. The Morgan fingerprint density at radius 2 is 2.00 bits per heavy atom. The van der Waals surface area contributed by atoms with Crippen LogP contribution in [0.15, 0.2) is 42.5 Å². The first-order chi connectivity index (χ1) is 9.47. The summed E-state index contributed by atoms with van der Waals surface area (Å²) in [5.74, 6) is -0.200. The van der Waals surface area contributed by atoms with Gasteiger partial charge in [-0.15, -0.1) is 0 Å². The predicted octanol–water partition coefficient (Wildman–Crippen LogP) is 4.15. The van der Waals surface area contributed by atoms with Crippen LogP contribution in [0.25, 0.3) is 0 Å². The molecule has 0 saturated carbocycles. The second-order valence-electron chi connectivity index (χ2n) is 4.18. The number of carbonyl (C=O) groups excluding carboxylic acids is 1. The SMILES string of the molecule is CC(=O)c1ccc(Nc2cccc(I)c2)c([N+](=O)[O-])c1. The van der Waals surface area contributed by atoms with E-state index in [1.54, 1.807) is 12.1 Å². The van der Waals surface area contributed by atoms with Gasteiger partial charge in [0.2, 0.25) is 0 Å². The molecule has 20 heavy (non-hydrogen) atoms. The topological polar surface area (TPSA) is 72.2 Å². The van der Waals surface area contributed by atoms with Gasteiger partial charge in [0.15, 0.2) is 5.78 Å². The molecule has 0 spiro atoms. The fourth-order valence-corrected chi connectivity index (χ4v) is 2.27. The molecular formula is C14H11IN2O3. The Balaban J connectivity index is 2.41. The van der Waals surface area contributed by atoms with Gasteiger partial charge in [0.25, 0.3) is 5.69 Å². The Morgan fingerprint density at radius 3 is 2.60 bits per heavy atom. The van der Waals surface area contributed by atoms with Crippen LogP contribution in [0.2, 0.25) is 0 Å². The third-order valence-electron chi connectivity index (χ3n) is 2.70. The Bertz CT molecular complexity index is 686. The van der Waals surface area contributed by atoms with Gasteiger partial charge in [-0.05, 0) is 59.8 Å². The maximum Gasteiger partial charge on any atom is 0.293 e. The highest BCUT2D eigenvalue weighted by Gasteiger charge is 2.16. The van der Waals surface area contributed by atoms with Crippen molar-refractivity contribution < 1.29 is 9.72 Å². The first kappa shape index (κ1) is 14.4. The molecule has 0 aliphatic rings. The number of Topliss-reactive ketones (excluding diaryl/α,β-unsaturated/α-hetero) is 1. The van der Waals surface area contributed by atoms with E-state index in [0.717, 1.165) is 9.26 Å². The Kier molecular flexibility index (Phi) is 4.33. The fourth-order valence-electron chi connectivity index (χ4n) is 1.73. The number of hydrogen-bond donors (Lipinski definition) is 1. The summed E-state index contributed by atoms with van der Waals surface area (Å²) in [7, 11) is 0. The maximum absolute atomic E-state index is 11.3. The summed E-state index contributed by atoms with van der Waals surface area (Å²) >= 11 is 2.17. The van der Waals surface area contributed by atoms with Crippen LogP contribution < -0.4 is 5.32 Å². The molecule has 0 amide bonds. The predicted molar refractivity (Wildman–Crippen MR) is 85.5 cm³/mol. The largest absolute Gasteiger partial charge is 0.350 e. The lowest BCUT2D eigenvalue weighted by molar-refractivity contribution is -0.383. The summed E-state index contributed by atoms with van der Waals surface area (Å²) < 4.78 is 1.02. The molecule has 0 heterocycles. The van der Waals surface area contributed by atoms with Gasteiger partial charge in [0.05, 0.1) is 4.92 Å². The molecule has 2 rings (SSSR count). The molecule has 5 nitrogen and oxygen atoms in total. The van der Waals surface area contributed by atoms with Gasteiger partial charge in [0, 0.05) is 20.9 Å². The van der Waals surface area contributed by atoms with Crippen LogP contribution >= 0.6 is 22.6 Å². The van der Waals surface area contributed by atoms with Crippen molar-refractivity contribution in [2.45, 2.75) is 6.92 Å². The number of hydrogen-bond acceptors (Lipinski definition) is 4. The number of nitrogens with zero attached hydrogens (tertiary/aromatic N) is 1. The van der Waals surface area contributed by atoms with Crippen LogP contribution in [0.5, 0.6) is 0 Å². The van der Waals surface area contributed by atoms with E-state index < -0.39 is 4.92 Å². The van der Waals surface area contributed by atoms with Crippen molar-refractivity contribution in [3.05, 3.63) is 61.7 Å². The van der Waals surface area contributed by atoms with Crippen molar-refractivity contribution >= 4 is 45.4 Å². The van der Waals surface area contributed by atoms with Gasteiger partial charge in [-0.25, -0.2) is 0 Å². The van der Waals surface area contributed by atoms with Crippen LogP contribution in [-0.2, 0) is 0 Å². The fraction of sp³-hybridized carbons (Fsp3) is 0.0714. The van der Waals surface area contributed by atoms with Gasteiger partial charge in [-0.2, -0.15) is 0 Å². The minimum absolute atomic E-state index is 0.114. The minimum Gasteiger partial charge on any atom is -0.350 e. The molecule has 0 fully saturated rings. The van der Waals surface area contributed by atoms with Crippen LogP contribution in [0.3, 0.4) is 0 Å². The van der Waals surface area contributed by atoms with E-state index >= 15 is 0 Å². The summed E-state index contributed by atoms with van der Waals surface area (Å²) in [4.78, 5) is 21.9. The van der Waals surface area contributed by atoms with Gasteiger partial charge in [0.1, 0.15) is 5.69 Å². The Labute approximate surface area is 129 Å². The van der Waals surface area contributed by atoms with Crippen molar-refractivity contribution in [3.63, 3.8) is 0 Å². The lowest BCUT2D eigenvalue weighted by Gasteiger charge is -2.08. The second kappa shape index (κ2) is 6.00. The van der Waals surface area contributed by atoms with Gasteiger partial charge in [-0.3, -0.25) is 14.9 Å². The summed E-state index contributed by atoms with van der Waals surface area (Å²) in [6.07, 6.45) is 0. The molecule has 0 atom stereocenters. The number of nitro groups is 1. The average molecular weight is 382 g/mol. The lowest BCUT2D eigenvalue weighted by atomic mass is 10.1. The summed E-state index contributed by atoms with van der Waals surface area (Å²) in [5, 5.41) is 14.1. The van der Waals surface area contributed by atoms with Crippen LogP contribution in [-0.4, -0.2) is 10.7 Å². The average Bonchev–Trinajstić information content (AvgIpc) is 2.38. The van der Waals surface area contributed by atoms with E-state index in [1.807, 2.05) is 24.3 Å². The zero-order valence-corrected chi connectivity index (χ0v) is 12.7. The van der Waals surface area contributed by atoms with Gasteiger partial charge >= 0.3 is 0 Å². The number of anilines is 2. The van der Waals surface area contributed by atoms with Crippen molar-refractivity contribution in [1.29, 1.82) is 0 Å². The molecule has 6 heteroatoms. The third kappa shape index (κ3) is 3.32. The highest BCUT2D eigenvalue weighted by Crippen LogP contribution is 2.29. The highest BCUT2D eigenvalue weighted by atomic mass is 127. The number of carbonyl (C=O) groups is 1. The molecule has 0 radical (unpaired) electrons. The van der Waals surface area contributed by atoms with E-state index in [-0.39, 0.29) is 11.5 Å². The summed E-state index contributed by atoms with van der Waals surface area (Å²) in [6, 6.07) is 11.9. The number of nitro benzene ring substituents is 1. The summed E-state index contributed by atoms with van der Waals surface area (Å²) in [6.45, 7) is 1.38. The van der Waals surface area contributed by atoms with Gasteiger partial charge < -0.3 is 5.32 Å². The van der Waals surface area contributed by atoms with Gasteiger partial charge in [-0.1, -0.05) is 6.07 Å². The summed E-state index contributed by atoms with van der Waals surface area (Å²) in [5.41, 5.74) is 1.33.